The summed E-state index contributed by atoms with van der Waals surface area (Å²) in [5.41, 5.74) is 1.04. The van der Waals surface area contributed by atoms with Gasteiger partial charge in [0.15, 0.2) is 0 Å². The molecule has 1 N–H and O–H groups in total. The average molecular weight is 220 g/mol. The molecule has 0 saturated heterocycles. The number of furan rings is 1. The monoisotopic (exact) mass is 220 g/mol. The molecule has 0 aliphatic rings. The lowest BCUT2D eigenvalue weighted by molar-refractivity contribution is 0.0662. The van der Waals surface area contributed by atoms with Gasteiger partial charge < -0.3 is 9.52 Å². The molecule has 0 aliphatic heterocycles. The van der Waals surface area contributed by atoms with E-state index in [9.17, 15) is 9.18 Å². The molecule has 0 unspecified atom stereocenters. The Labute approximate surface area is 91.1 Å². The first-order chi connectivity index (χ1) is 7.58. The van der Waals surface area contributed by atoms with E-state index >= 15 is 0 Å². The Hall–Kier alpha value is -2.10. The Morgan fingerprint density at radius 1 is 1.38 bits per heavy atom. The number of rotatable bonds is 2. The van der Waals surface area contributed by atoms with Crippen molar-refractivity contribution in [2.75, 3.05) is 0 Å². The second kappa shape index (κ2) is 3.81. The maximum atomic E-state index is 13.0. The molecule has 0 bridgehead atoms. The van der Waals surface area contributed by atoms with Gasteiger partial charge in [0, 0.05) is 11.1 Å². The van der Waals surface area contributed by atoms with E-state index in [1.807, 2.05) is 0 Å². The first-order valence-electron chi connectivity index (χ1n) is 4.67. The van der Waals surface area contributed by atoms with E-state index < -0.39 is 5.97 Å². The van der Waals surface area contributed by atoms with Gasteiger partial charge in [-0.25, -0.2) is 9.18 Å². The molecular formula is C12H9FO3. The van der Waals surface area contributed by atoms with E-state index in [0.29, 0.717) is 16.9 Å². The zero-order valence-corrected chi connectivity index (χ0v) is 8.53. The predicted molar refractivity (Wildman–Crippen MR) is 55.8 cm³/mol. The normalized spacial score (nSPS) is 10.4. The van der Waals surface area contributed by atoms with Crippen LogP contribution in [0, 0.1) is 12.7 Å². The minimum atomic E-state index is -1.12. The molecule has 0 fully saturated rings. The van der Waals surface area contributed by atoms with Gasteiger partial charge in [0.05, 0.1) is 0 Å². The van der Waals surface area contributed by atoms with Crippen LogP contribution in [0.4, 0.5) is 4.39 Å². The fourth-order valence-corrected chi connectivity index (χ4v) is 1.48. The summed E-state index contributed by atoms with van der Waals surface area (Å²) in [4.78, 5) is 10.8. The molecule has 1 aromatic heterocycles. The van der Waals surface area contributed by atoms with Gasteiger partial charge in [-0.2, -0.15) is 0 Å². The van der Waals surface area contributed by atoms with Crippen LogP contribution in [0.2, 0.25) is 0 Å². The van der Waals surface area contributed by atoms with Crippen molar-refractivity contribution in [3.05, 3.63) is 47.5 Å². The first-order valence-corrected chi connectivity index (χ1v) is 4.67. The van der Waals surface area contributed by atoms with Crippen LogP contribution in [-0.2, 0) is 0 Å². The molecule has 1 aromatic carbocycles. The van der Waals surface area contributed by atoms with Crippen LogP contribution in [0.15, 0.2) is 34.7 Å². The third-order valence-corrected chi connectivity index (χ3v) is 2.22. The molecule has 16 heavy (non-hydrogen) atoms. The number of halogens is 1. The van der Waals surface area contributed by atoms with Crippen molar-refractivity contribution in [2.24, 2.45) is 0 Å². The number of hydrogen-bond donors (Lipinski definition) is 1. The van der Waals surface area contributed by atoms with E-state index in [1.165, 1.54) is 12.1 Å². The maximum Gasteiger partial charge on any atom is 0.372 e. The SMILES string of the molecule is Cc1cc(-c2cccc(F)c2)oc1C(=O)O. The molecule has 82 valence electrons. The first kappa shape index (κ1) is 10.4. The lowest BCUT2D eigenvalue weighted by Gasteiger charge is -1.95. The summed E-state index contributed by atoms with van der Waals surface area (Å²) < 4.78 is 18.1. The second-order valence-corrected chi connectivity index (χ2v) is 3.44. The molecule has 0 atom stereocenters. The Morgan fingerprint density at radius 3 is 2.69 bits per heavy atom. The van der Waals surface area contributed by atoms with Gasteiger partial charge in [-0.3, -0.25) is 0 Å². The van der Waals surface area contributed by atoms with E-state index in [0.717, 1.165) is 0 Å². The molecule has 0 saturated carbocycles. The minimum Gasteiger partial charge on any atom is -0.475 e. The van der Waals surface area contributed by atoms with Gasteiger partial charge in [0.2, 0.25) is 5.76 Å². The highest BCUT2D eigenvalue weighted by Gasteiger charge is 2.15. The van der Waals surface area contributed by atoms with Gasteiger partial charge in [-0.05, 0) is 25.1 Å². The summed E-state index contributed by atoms with van der Waals surface area (Å²) >= 11 is 0. The van der Waals surface area contributed by atoms with Crippen molar-refractivity contribution in [1.29, 1.82) is 0 Å². The van der Waals surface area contributed by atoms with Crippen molar-refractivity contribution in [3.63, 3.8) is 0 Å². The van der Waals surface area contributed by atoms with Crippen LogP contribution in [-0.4, -0.2) is 11.1 Å². The summed E-state index contributed by atoms with van der Waals surface area (Å²) in [5.74, 6) is -1.27. The standard InChI is InChI=1S/C12H9FO3/c1-7-5-10(16-11(7)12(14)15)8-3-2-4-9(13)6-8/h2-6H,1H3,(H,14,15). The van der Waals surface area contributed by atoms with Crippen molar-refractivity contribution in [2.45, 2.75) is 6.92 Å². The highest BCUT2D eigenvalue weighted by Crippen LogP contribution is 2.25. The summed E-state index contributed by atoms with van der Waals surface area (Å²) in [6.07, 6.45) is 0. The fourth-order valence-electron chi connectivity index (χ4n) is 1.48. The van der Waals surface area contributed by atoms with Gasteiger partial charge in [0.25, 0.3) is 0 Å². The number of carbonyl (C=O) groups is 1. The number of carboxylic acid groups (broad SMARTS) is 1. The highest BCUT2D eigenvalue weighted by molar-refractivity contribution is 5.87. The van der Waals surface area contributed by atoms with Crippen LogP contribution in [0.1, 0.15) is 16.1 Å². The van der Waals surface area contributed by atoms with Crippen LogP contribution in [0.5, 0.6) is 0 Å². The Bertz CT molecular complexity index is 543. The minimum absolute atomic E-state index is 0.112. The van der Waals surface area contributed by atoms with Gasteiger partial charge >= 0.3 is 5.97 Å². The molecule has 0 amide bonds. The molecule has 3 nitrogen and oxygen atoms in total. The van der Waals surface area contributed by atoms with Crippen LogP contribution in [0.3, 0.4) is 0 Å². The van der Waals surface area contributed by atoms with Crippen LogP contribution < -0.4 is 0 Å². The van der Waals surface area contributed by atoms with E-state index in [1.54, 1.807) is 25.1 Å². The summed E-state index contributed by atoms with van der Waals surface area (Å²) in [6.45, 7) is 1.63. The van der Waals surface area contributed by atoms with Crippen molar-refractivity contribution in [1.82, 2.24) is 0 Å². The van der Waals surface area contributed by atoms with Crippen LogP contribution >= 0.6 is 0 Å². The van der Waals surface area contributed by atoms with Gasteiger partial charge in [-0.1, -0.05) is 12.1 Å². The third kappa shape index (κ3) is 1.82. The van der Waals surface area contributed by atoms with Gasteiger partial charge in [0.1, 0.15) is 11.6 Å². The Morgan fingerprint density at radius 2 is 2.12 bits per heavy atom. The Balaban J connectivity index is 2.49. The zero-order valence-electron chi connectivity index (χ0n) is 8.53. The average Bonchev–Trinajstić information content (AvgIpc) is 2.60. The number of aromatic carboxylic acids is 1. The summed E-state index contributed by atoms with van der Waals surface area (Å²) in [5, 5.41) is 8.81. The topological polar surface area (TPSA) is 50.4 Å². The third-order valence-electron chi connectivity index (χ3n) is 2.22. The number of carboxylic acids is 1. The molecular weight excluding hydrogens is 211 g/mol. The predicted octanol–water partition coefficient (Wildman–Crippen LogP) is 3.09. The fraction of sp³-hybridized carbons (Fsp3) is 0.0833. The van der Waals surface area contributed by atoms with E-state index in [4.69, 9.17) is 9.52 Å². The molecule has 0 aliphatic carbocycles. The maximum absolute atomic E-state index is 13.0. The van der Waals surface area contributed by atoms with Crippen molar-refractivity contribution in [3.8, 4) is 11.3 Å². The molecule has 4 heteroatoms. The molecule has 2 aromatic rings. The lowest BCUT2D eigenvalue weighted by atomic mass is 10.1. The van der Waals surface area contributed by atoms with Crippen LogP contribution in [0.25, 0.3) is 11.3 Å². The number of benzene rings is 1. The molecule has 2 rings (SSSR count). The summed E-state index contributed by atoms with van der Waals surface area (Å²) in [6, 6.07) is 7.40. The van der Waals surface area contributed by atoms with E-state index in [-0.39, 0.29) is 11.6 Å². The largest absolute Gasteiger partial charge is 0.475 e. The summed E-state index contributed by atoms with van der Waals surface area (Å²) in [7, 11) is 0. The van der Waals surface area contributed by atoms with Crippen molar-refractivity contribution >= 4 is 5.97 Å². The smallest absolute Gasteiger partial charge is 0.372 e. The molecule has 0 radical (unpaired) electrons. The molecule has 1 heterocycles. The number of aryl methyl sites for hydroxylation is 1. The van der Waals surface area contributed by atoms with Gasteiger partial charge in [-0.15, -0.1) is 0 Å². The van der Waals surface area contributed by atoms with E-state index in [2.05, 4.69) is 0 Å². The highest BCUT2D eigenvalue weighted by atomic mass is 19.1. The van der Waals surface area contributed by atoms with Crippen molar-refractivity contribution < 1.29 is 18.7 Å². The lowest BCUT2D eigenvalue weighted by Crippen LogP contribution is -1.94. The second-order valence-electron chi connectivity index (χ2n) is 3.44. The quantitative estimate of drug-likeness (QED) is 0.845. The number of hydrogen-bond acceptors (Lipinski definition) is 2. The molecule has 0 spiro atoms. The zero-order chi connectivity index (χ0) is 11.7. The Kier molecular flexibility index (Phi) is 2.48.